The van der Waals surface area contributed by atoms with Crippen LogP contribution in [0.2, 0.25) is 0 Å². The summed E-state index contributed by atoms with van der Waals surface area (Å²) in [7, 11) is 0. The van der Waals surface area contributed by atoms with Crippen molar-refractivity contribution < 1.29 is 4.42 Å². The molecule has 220 valence electrons. The molecule has 0 saturated carbocycles. The van der Waals surface area contributed by atoms with E-state index in [9.17, 15) is 0 Å². The second-order valence-electron chi connectivity index (χ2n) is 11.9. The van der Waals surface area contributed by atoms with Gasteiger partial charge < -0.3 is 4.42 Å². The minimum atomic E-state index is -0.459. The van der Waals surface area contributed by atoms with Crippen LogP contribution in [0.25, 0.3) is 56.5 Å². The van der Waals surface area contributed by atoms with E-state index >= 15 is 0 Å². The van der Waals surface area contributed by atoms with Crippen molar-refractivity contribution in [3.05, 3.63) is 174 Å². The van der Waals surface area contributed by atoms with Gasteiger partial charge in [-0.1, -0.05) is 145 Å². The third-order valence-electron chi connectivity index (χ3n) is 9.41. The molecule has 3 heterocycles. The maximum atomic E-state index is 6.89. The van der Waals surface area contributed by atoms with Crippen LogP contribution in [0, 0.1) is 0 Å². The molecular weight excluding hydrogens is 595 g/mol. The lowest BCUT2D eigenvalue weighted by atomic mass is 9.67. The van der Waals surface area contributed by atoms with Crippen molar-refractivity contribution in [1.29, 1.82) is 0 Å². The maximum Gasteiger partial charge on any atom is 0.199 e. The normalized spacial score (nSPS) is 13.6. The van der Waals surface area contributed by atoms with Crippen LogP contribution in [0.15, 0.2) is 166 Å². The summed E-state index contributed by atoms with van der Waals surface area (Å²) in [6.07, 6.45) is 0. The van der Waals surface area contributed by atoms with Crippen LogP contribution in [0.1, 0.15) is 22.3 Å². The van der Waals surface area contributed by atoms with Crippen LogP contribution >= 0.6 is 11.8 Å². The number of furan rings is 1. The molecule has 6 aromatic carbocycles. The van der Waals surface area contributed by atoms with Crippen molar-refractivity contribution in [2.45, 2.75) is 15.2 Å². The average molecular weight is 620 g/mol. The first-order valence-corrected chi connectivity index (χ1v) is 16.5. The van der Waals surface area contributed by atoms with Gasteiger partial charge in [-0.3, -0.25) is 0 Å². The maximum absolute atomic E-state index is 6.89. The van der Waals surface area contributed by atoms with Gasteiger partial charge in [-0.2, -0.15) is 0 Å². The van der Waals surface area contributed by atoms with Gasteiger partial charge in [0.2, 0.25) is 0 Å². The first kappa shape index (κ1) is 26.4. The quantitative estimate of drug-likeness (QED) is 0.197. The summed E-state index contributed by atoms with van der Waals surface area (Å²) in [5, 5.41) is 1.01. The molecule has 4 nitrogen and oxygen atoms in total. The van der Waals surface area contributed by atoms with Gasteiger partial charge in [-0.25, -0.2) is 15.0 Å². The molecule has 1 spiro atoms. The number of hydrogen-bond donors (Lipinski definition) is 0. The Morgan fingerprint density at radius 3 is 1.64 bits per heavy atom. The van der Waals surface area contributed by atoms with Gasteiger partial charge in [-0.05, 0) is 46.0 Å². The molecule has 47 heavy (non-hydrogen) atoms. The summed E-state index contributed by atoms with van der Waals surface area (Å²) in [4.78, 5) is 17.3. The molecular formula is C42H25N3OS. The number of nitrogens with zero attached hydrogens (tertiary/aromatic N) is 3. The van der Waals surface area contributed by atoms with Crippen LogP contribution < -0.4 is 0 Å². The molecule has 1 aliphatic carbocycles. The van der Waals surface area contributed by atoms with Crippen molar-refractivity contribution in [3.63, 3.8) is 0 Å². The van der Waals surface area contributed by atoms with Crippen LogP contribution in [0.3, 0.4) is 0 Å². The molecule has 5 heteroatoms. The molecule has 0 fully saturated rings. The van der Waals surface area contributed by atoms with Gasteiger partial charge >= 0.3 is 0 Å². The van der Waals surface area contributed by atoms with Crippen LogP contribution in [0.4, 0.5) is 0 Å². The van der Waals surface area contributed by atoms with E-state index in [1.54, 1.807) is 0 Å². The highest BCUT2D eigenvalue weighted by molar-refractivity contribution is 7.99. The Morgan fingerprint density at radius 2 is 1.00 bits per heavy atom. The number of aromatic nitrogens is 3. The highest BCUT2D eigenvalue weighted by atomic mass is 32.2. The first-order valence-electron chi connectivity index (χ1n) is 15.7. The van der Waals surface area contributed by atoms with Crippen molar-refractivity contribution in [3.8, 4) is 45.5 Å². The third kappa shape index (κ3) is 3.81. The summed E-state index contributed by atoms with van der Waals surface area (Å²) in [6, 6.07) is 53.1. The summed E-state index contributed by atoms with van der Waals surface area (Å²) < 4.78 is 6.89. The van der Waals surface area contributed by atoms with E-state index < -0.39 is 5.41 Å². The molecule has 0 bridgehead atoms. The Balaban J connectivity index is 1.24. The van der Waals surface area contributed by atoms with Crippen LogP contribution in [-0.2, 0) is 5.41 Å². The largest absolute Gasteiger partial charge is 0.452 e. The van der Waals surface area contributed by atoms with E-state index in [0.29, 0.717) is 23.2 Å². The van der Waals surface area contributed by atoms with Crippen molar-refractivity contribution >= 4 is 22.7 Å². The van der Waals surface area contributed by atoms with Crippen molar-refractivity contribution in [2.75, 3.05) is 0 Å². The molecule has 0 amide bonds. The van der Waals surface area contributed by atoms with Crippen LogP contribution in [0.5, 0.6) is 0 Å². The fourth-order valence-electron chi connectivity index (χ4n) is 7.46. The van der Waals surface area contributed by atoms with Gasteiger partial charge in [0.15, 0.2) is 23.2 Å². The van der Waals surface area contributed by atoms with Gasteiger partial charge in [0.1, 0.15) is 5.58 Å². The third-order valence-corrected chi connectivity index (χ3v) is 10.6. The molecule has 2 aromatic heterocycles. The van der Waals surface area contributed by atoms with Gasteiger partial charge in [-0.15, -0.1) is 0 Å². The van der Waals surface area contributed by atoms with E-state index in [-0.39, 0.29) is 0 Å². The van der Waals surface area contributed by atoms with E-state index in [1.807, 2.05) is 72.4 Å². The zero-order valence-electron chi connectivity index (χ0n) is 25.1. The molecule has 0 saturated heterocycles. The molecule has 0 N–H and O–H groups in total. The lowest BCUT2D eigenvalue weighted by molar-refractivity contribution is 0.625. The van der Waals surface area contributed by atoms with E-state index in [4.69, 9.17) is 19.4 Å². The Morgan fingerprint density at radius 1 is 0.468 bits per heavy atom. The topological polar surface area (TPSA) is 51.8 Å². The number of benzene rings is 6. The summed E-state index contributed by atoms with van der Waals surface area (Å²) in [6.45, 7) is 0. The number of hydrogen-bond acceptors (Lipinski definition) is 5. The van der Waals surface area contributed by atoms with Gasteiger partial charge in [0.05, 0.1) is 5.41 Å². The van der Waals surface area contributed by atoms with E-state index in [2.05, 4.69) is 91.0 Å². The molecule has 0 atom stereocenters. The lowest BCUT2D eigenvalue weighted by Crippen LogP contribution is -2.31. The zero-order valence-corrected chi connectivity index (χ0v) is 25.9. The highest BCUT2D eigenvalue weighted by Gasteiger charge is 2.51. The fourth-order valence-corrected chi connectivity index (χ4v) is 8.65. The second kappa shape index (κ2) is 10.1. The van der Waals surface area contributed by atoms with Crippen molar-refractivity contribution in [2.24, 2.45) is 0 Å². The number of rotatable bonds is 3. The molecule has 0 unspecified atom stereocenters. The average Bonchev–Trinajstić information content (AvgIpc) is 3.71. The van der Waals surface area contributed by atoms with Crippen molar-refractivity contribution in [1.82, 2.24) is 15.0 Å². The Bertz CT molecular complexity index is 2400. The van der Waals surface area contributed by atoms with E-state index in [0.717, 1.165) is 27.7 Å². The summed E-state index contributed by atoms with van der Waals surface area (Å²) in [5.74, 6) is 2.34. The second-order valence-corrected chi connectivity index (χ2v) is 13.0. The molecule has 8 aromatic rings. The first-order chi connectivity index (χ1) is 23.3. The SMILES string of the molecule is c1ccc(-c2nc(-c3ccccc3)nc(-c3cc4ccc5c(c4o3)-c3ccccc3C53c4ccccc4Sc4ccccc43)n2)cc1. The van der Waals surface area contributed by atoms with Gasteiger partial charge in [0, 0.05) is 31.9 Å². The predicted molar refractivity (Wildman–Crippen MR) is 187 cm³/mol. The minimum Gasteiger partial charge on any atom is -0.452 e. The molecule has 2 aliphatic rings. The zero-order chi connectivity index (χ0) is 31.0. The molecule has 1 aliphatic heterocycles. The summed E-state index contributed by atoms with van der Waals surface area (Å²) in [5.41, 5.74) is 9.67. The predicted octanol–water partition coefficient (Wildman–Crippen LogP) is 10.4. The standard InChI is InChI=1S/C42H25N3OS/c1-3-13-26(14-4-1)39-43-40(27-15-5-2-6-16-27)45-41(44-39)34-25-28-23-24-33-37(38(28)46-34)29-17-7-8-18-30(29)42(33)31-19-9-11-21-35(31)47-36-22-12-10-20-32(36)42/h1-25H. The molecule has 0 radical (unpaired) electrons. The Labute approximate surface area is 275 Å². The number of fused-ring (bicyclic) bond motifs is 11. The highest BCUT2D eigenvalue weighted by Crippen LogP contribution is 2.63. The fraction of sp³-hybridized carbons (Fsp3) is 0.0238. The molecule has 10 rings (SSSR count). The Kier molecular flexibility index (Phi) is 5.69. The Hall–Kier alpha value is -5.78. The van der Waals surface area contributed by atoms with Crippen LogP contribution in [-0.4, -0.2) is 15.0 Å². The lowest BCUT2D eigenvalue weighted by Gasteiger charge is -2.39. The van der Waals surface area contributed by atoms with Gasteiger partial charge in [0.25, 0.3) is 0 Å². The smallest absolute Gasteiger partial charge is 0.199 e. The monoisotopic (exact) mass is 619 g/mol. The minimum absolute atomic E-state index is 0.459. The van der Waals surface area contributed by atoms with E-state index in [1.165, 1.54) is 37.6 Å². The summed E-state index contributed by atoms with van der Waals surface area (Å²) >= 11 is 1.85.